The number of halogens is 1. The van der Waals surface area contributed by atoms with Gasteiger partial charge < -0.3 is 14.8 Å². The fourth-order valence-corrected chi connectivity index (χ4v) is 2.20. The third-order valence-electron chi connectivity index (χ3n) is 2.95. The van der Waals surface area contributed by atoms with Crippen molar-refractivity contribution in [2.45, 2.75) is 39.4 Å². The highest BCUT2D eigenvalue weighted by atomic mass is 79.9. The Labute approximate surface area is 131 Å². The van der Waals surface area contributed by atoms with Crippen LogP contribution in [-0.2, 0) is 9.47 Å². The van der Waals surface area contributed by atoms with Crippen molar-refractivity contribution < 1.29 is 9.47 Å². The van der Waals surface area contributed by atoms with Gasteiger partial charge in [0.2, 0.25) is 0 Å². The minimum atomic E-state index is 0.0603. The molecule has 0 radical (unpaired) electrons. The lowest BCUT2D eigenvalue weighted by molar-refractivity contribution is -0.0469. The standard InChI is InChI=1S/C16H26BrNO2/c1-4-10-18-11-16(20-13(3)12-19-5-2)14-6-8-15(17)9-7-14/h6-9,13,16,18H,4-5,10-12H2,1-3H3. The molecule has 20 heavy (non-hydrogen) atoms. The quantitative estimate of drug-likeness (QED) is 0.653. The van der Waals surface area contributed by atoms with Crippen molar-refractivity contribution >= 4 is 15.9 Å². The Kier molecular flexibility index (Phi) is 9.10. The first-order valence-corrected chi connectivity index (χ1v) is 8.16. The molecule has 3 nitrogen and oxygen atoms in total. The Morgan fingerprint density at radius 1 is 1.20 bits per heavy atom. The van der Waals surface area contributed by atoms with Crippen LogP contribution in [0.4, 0.5) is 0 Å². The molecule has 1 aromatic rings. The molecule has 1 rings (SSSR count). The summed E-state index contributed by atoms with van der Waals surface area (Å²) in [7, 11) is 0. The van der Waals surface area contributed by atoms with Crippen molar-refractivity contribution in [2.75, 3.05) is 26.3 Å². The molecule has 0 spiro atoms. The molecule has 0 saturated carbocycles. The van der Waals surface area contributed by atoms with E-state index in [0.717, 1.165) is 30.6 Å². The molecule has 0 aliphatic carbocycles. The largest absolute Gasteiger partial charge is 0.379 e. The zero-order valence-corrected chi connectivity index (χ0v) is 14.3. The van der Waals surface area contributed by atoms with E-state index >= 15 is 0 Å². The van der Waals surface area contributed by atoms with Crippen molar-refractivity contribution in [3.63, 3.8) is 0 Å². The molecule has 0 saturated heterocycles. The van der Waals surface area contributed by atoms with Crippen LogP contribution < -0.4 is 5.32 Å². The third-order valence-corrected chi connectivity index (χ3v) is 3.48. The highest BCUT2D eigenvalue weighted by molar-refractivity contribution is 9.10. The second-order valence-corrected chi connectivity index (χ2v) is 5.77. The Hall–Kier alpha value is -0.420. The SMILES string of the molecule is CCCNCC(OC(C)COCC)c1ccc(Br)cc1. The van der Waals surface area contributed by atoms with Crippen LogP contribution in [0.5, 0.6) is 0 Å². The minimum absolute atomic E-state index is 0.0603. The molecule has 2 atom stereocenters. The lowest BCUT2D eigenvalue weighted by Crippen LogP contribution is -2.28. The number of hydrogen-bond donors (Lipinski definition) is 1. The van der Waals surface area contributed by atoms with Crippen LogP contribution in [-0.4, -0.2) is 32.4 Å². The number of ether oxygens (including phenoxy) is 2. The van der Waals surface area contributed by atoms with Crippen LogP contribution in [0, 0.1) is 0 Å². The summed E-state index contributed by atoms with van der Waals surface area (Å²) in [4.78, 5) is 0. The maximum absolute atomic E-state index is 6.12. The molecular weight excluding hydrogens is 318 g/mol. The van der Waals surface area contributed by atoms with Crippen LogP contribution in [0.1, 0.15) is 38.9 Å². The first kappa shape index (κ1) is 17.6. The summed E-state index contributed by atoms with van der Waals surface area (Å²) in [5.74, 6) is 0. The normalized spacial score (nSPS) is 14.2. The maximum atomic E-state index is 6.12. The highest BCUT2D eigenvalue weighted by Gasteiger charge is 2.15. The first-order valence-electron chi connectivity index (χ1n) is 7.36. The fourth-order valence-electron chi connectivity index (χ4n) is 1.94. The van der Waals surface area contributed by atoms with Crippen LogP contribution in [0.3, 0.4) is 0 Å². The van der Waals surface area contributed by atoms with Gasteiger partial charge in [-0.25, -0.2) is 0 Å². The molecule has 1 aromatic carbocycles. The van der Waals surface area contributed by atoms with E-state index in [2.05, 4.69) is 59.4 Å². The molecule has 4 heteroatoms. The monoisotopic (exact) mass is 343 g/mol. The summed E-state index contributed by atoms with van der Waals surface area (Å²) < 4.78 is 12.6. The minimum Gasteiger partial charge on any atom is -0.379 e. The summed E-state index contributed by atoms with van der Waals surface area (Å²) in [6.07, 6.45) is 1.28. The van der Waals surface area contributed by atoms with Crippen LogP contribution in [0.15, 0.2) is 28.7 Å². The van der Waals surface area contributed by atoms with Crippen LogP contribution in [0.2, 0.25) is 0 Å². The Morgan fingerprint density at radius 3 is 2.50 bits per heavy atom. The molecule has 0 fully saturated rings. The Balaban J connectivity index is 2.61. The fraction of sp³-hybridized carbons (Fsp3) is 0.625. The average Bonchev–Trinajstić information content (AvgIpc) is 2.45. The topological polar surface area (TPSA) is 30.5 Å². The van der Waals surface area contributed by atoms with Gasteiger partial charge in [-0.05, 0) is 44.5 Å². The van der Waals surface area contributed by atoms with Crippen molar-refractivity contribution in [1.82, 2.24) is 5.32 Å². The maximum Gasteiger partial charge on any atom is 0.0954 e. The summed E-state index contributed by atoms with van der Waals surface area (Å²) in [5, 5.41) is 3.43. The van der Waals surface area contributed by atoms with E-state index in [4.69, 9.17) is 9.47 Å². The van der Waals surface area contributed by atoms with Gasteiger partial charge >= 0.3 is 0 Å². The van der Waals surface area contributed by atoms with Crippen molar-refractivity contribution in [3.05, 3.63) is 34.3 Å². The van der Waals surface area contributed by atoms with E-state index in [1.54, 1.807) is 0 Å². The van der Waals surface area contributed by atoms with Gasteiger partial charge in [-0.2, -0.15) is 0 Å². The number of benzene rings is 1. The van der Waals surface area contributed by atoms with Gasteiger partial charge in [0.15, 0.2) is 0 Å². The van der Waals surface area contributed by atoms with Crippen molar-refractivity contribution in [3.8, 4) is 0 Å². The van der Waals surface area contributed by atoms with Gasteiger partial charge in [-0.15, -0.1) is 0 Å². The lowest BCUT2D eigenvalue weighted by atomic mass is 10.1. The predicted octanol–water partition coefficient (Wildman–Crippen LogP) is 3.93. The second kappa shape index (κ2) is 10.3. The number of rotatable bonds is 10. The molecule has 114 valence electrons. The van der Waals surface area contributed by atoms with E-state index < -0.39 is 0 Å². The van der Waals surface area contributed by atoms with Gasteiger partial charge in [0.25, 0.3) is 0 Å². The Bertz CT molecular complexity index is 356. The molecule has 0 amide bonds. The second-order valence-electron chi connectivity index (χ2n) is 4.85. The molecule has 0 aliphatic rings. The highest BCUT2D eigenvalue weighted by Crippen LogP contribution is 2.21. The third kappa shape index (κ3) is 6.84. The Morgan fingerprint density at radius 2 is 1.90 bits per heavy atom. The summed E-state index contributed by atoms with van der Waals surface area (Å²) in [6, 6.07) is 8.32. The molecule has 0 aromatic heterocycles. The zero-order chi connectivity index (χ0) is 14.8. The molecule has 0 bridgehead atoms. The van der Waals surface area contributed by atoms with Crippen molar-refractivity contribution in [2.24, 2.45) is 0 Å². The summed E-state index contributed by atoms with van der Waals surface area (Å²) in [6.45, 7) is 9.42. The molecule has 2 unspecified atom stereocenters. The predicted molar refractivity (Wildman–Crippen MR) is 87.1 cm³/mol. The lowest BCUT2D eigenvalue weighted by Gasteiger charge is -2.23. The van der Waals surface area contributed by atoms with Crippen LogP contribution in [0.25, 0.3) is 0 Å². The zero-order valence-electron chi connectivity index (χ0n) is 12.7. The molecule has 1 N–H and O–H groups in total. The van der Waals surface area contributed by atoms with E-state index in [-0.39, 0.29) is 12.2 Å². The van der Waals surface area contributed by atoms with E-state index in [1.807, 2.05) is 6.92 Å². The molecular formula is C16H26BrNO2. The number of hydrogen-bond acceptors (Lipinski definition) is 3. The smallest absolute Gasteiger partial charge is 0.0954 e. The van der Waals surface area contributed by atoms with Gasteiger partial charge in [-0.1, -0.05) is 35.0 Å². The molecule has 0 heterocycles. The summed E-state index contributed by atoms with van der Waals surface area (Å²) in [5.41, 5.74) is 1.19. The average molecular weight is 344 g/mol. The van der Waals surface area contributed by atoms with Gasteiger partial charge in [-0.3, -0.25) is 0 Å². The van der Waals surface area contributed by atoms with Gasteiger partial charge in [0, 0.05) is 17.6 Å². The van der Waals surface area contributed by atoms with Gasteiger partial charge in [0.1, 0.15) is 0 Å². The van der Waals surface area contributed by atoms with Gasteiger partial charge in [0.05, 0.1) is 18.8 Å². The summed E-state index contributed by atoms with van der Waals surface area (Å²) >= 11 is 3.47. The first-order chi connectivity index (χ1) is 9.67. The molecule has 0 aliphatic heterocycles. The van der Waals surface area contributed by atoms with Crippen LogP contribution >= 0.6 is 15.9 Å². The van der Waals surface area contributed by atoms with E-state index in [9.17, 15) is 0 Å². The number of nitrogens with one attached hydrogen (secondary N) is 1. The van der Waals surface area contributed by atoms with E-state index in [1.165, 1.54) is 5.56 Å². The van der Waals surface area contributed by atoms with E-state index in [0.29, 0.717) is 6.61 Å². The van der Waals surface area contributed by atoms with Crippen molar-refractivity contribution in [1.29, 1.82) is 0 Å².